The third-order valence-electron chi connectivity index (χ3n) is 2.49. The summed E-state index contributed by atoms with van der Waals surface area (Å²) in [4.78, 5) is 6.32. The Morgan fingerprint density at radius 1 is 1.35 bits per heavy atom. The summed E-state index contributed by atoms with van der Waals surface area (Å²) < 4.78 is 10.2. The van der Waals surface area contributed by atoms with Crippen molar-refractivity contribution in [3.05, 3.63) is 18.3 Å². The van der Waals surface area contributed by atoms with Crippen molar-refractivity contribution >= 4 is 5.69 Å². The molecular weight excluding hydrogens is 218 g/mol. The van der Waals surface area contributed by atoms with Gasteiger partial charge in [0.15, 0.2) is 0 Å². The first kappa shape index (κ1) is 13.7. The first-order chi connectivity index (χ1) is 8.31. The van der Waals surface area contributed by atoms with E-state index in [2.05, 4.69) is 9.88 Å². The van der Waals surface area contributed by atoms with Gasteiger partial charge in [0.25, 0.3) is 0 Å². The van der Waals surface area contributed by atoms with Crippen molar-refractivity contribution in [2.24, 2.45) is 5.73 Å². The molecule has 0 aliphatic rings. The Bertz CT molecular complexity index is 312. The van der Waals surface area contributed by atoms with E-state index in [9.17, 15) is 0 Å². The highest BCUT2D eigenvalue weighted by atomic mass is 16.5. The van der Waals surface area contributed by atoms with Gasteiger partial charge in [-0.2, -0.15) is 0 Å². The molecule has 0 radical (unpaired) electrons. The molecule has 1 aromatic heterocycles. The van der Waals surface area contributed by atoms with Crippen LogP contribution < -0.4 is 15.4 Å². The van der Waals surface area contributed by atoms with Crippen LogP contribution in [0.15, 0.2) is 18.3 Å². The summed E-state index contributed by atoms with van der Waals surface area (Å²) in [6.45, 7) is 3.12. The highest BCUT2D eigenvalue weighted by molar-refractivity contribution is 5.48. The lowest BCUT2D eigenvalue weighted by molar-refractivity contribution is 0.205. The van der Waals surface area contributed by atoms with Crippen LogP contribution >= 0.6 is 0 Å². The van der Waals surface area contributed by atoms with Crippen molar-refractivity contribution in [3.63, 3.8) is 0 Å². The predicted octanol–water partition coefficient (Wildman–Crippen LogP) is 0.892. The SMILES string of the molecule is COCCN(CCCN)c1ccnc(OC)c1. The van der Waals surface area contributed by atoms with E-state index in [0.717, 1.165) is 25.2 Å². The van der Waals surface area contributed by atoms with E-state index in [1.165, 1.54) is 0 Å². The molecule has 0 fully saturated rings. The van der Waals surface area contributed by atoms with Crippen LogP contribution in [0.4, 0.5) is 5.69 Å². The number of pyridine rings is 1. The van der Waals surface area contributed by atoms with E-state index in [4.69, 9.17) is 15.2 Å². The van der Waals surface area contributed by atoms with Crippen molar-refractivity contribution in [2.75, 3.05) is 45.4 Å². The molecule has 0 saturated heterocycles. The third kappa shape index (κ3) is 4.58. The van der Waals surface area contributed by atoms with Crippen molar-refractivity contribution < 1.29 is 9.47 Å². The Morgan fingerprint density at radius 2 is 2.18 bits per heavy atom. The first-order valence-corrected chi connectivity index (χ1v) is 5.75. The number of hydrogen-bond donors (Lipinski definition) is 1. The van der Waals surface area contributed by atoms with Crippen LogP contribution in [0.5, 0.6) is 5.88 Å². The largest absolute Gasteiger partial charge is 0.481 e. The highest BCUT2D eigenvalue weighted by Gasteiger charge is 2.07. The van der Waals surface area contributed by atoms with E-state index in [1.807, 2.05) is 12.1 Å². The van der Waals surface area contributed by atoms with Gasteiger partial charge in [0, 0.05) is 38.1 Å². The number of aromatic nitrogens is 1. The molecular formula is C12H21N3O2. The van der Waals surface area contributed by atoms with Gasteiger partial charge in [-0.05, 0) is 19.0 Å². The standard InChI is InChI=1S/C12H21N3O2/c1-16-9-8-15(7-3-5-13)11-4-6-14-12(10-11)17-2/h4,6,10H,3,5,7-9,13H2,1-2H3. The normalized spacial score (nSPS) is 10.3. The summed E-state index contributed by atoms with van der Waals surface area (Å²) in [7, 11) is 3.32. The number of nitrogens with zero attached hydrogens (tertiary/aromatic N) is 2. The molecule has 0 bridgehead atoms. The van der Waals surface area contributed by atoms with Gasteiger partial charge in [-0.15, -0.1) is 0 Å². The van der Waals surface area contributed by atoms with E-state index in [1.54, 1.807) is 20.4 Å². The van der Waals surface area contributed by atoms with Crippen LogP contribution in [-0.4, -0.2) is 45.4 Å². The summed E-state index contributed by atoms with van der Waals surface area (Å²) in [5.41, 5.74) is 6.63. The molecule has 2 N–H and O–H groups in total. The molecule has 0 unspecified atom stereocenters. The summed E-state index contributed by atoms with van der Waals surface area (Å²) in [6, 6.07) is 3.89. The number of rotatable bonds is 8. The topological polar surface area (TPSA) is 60.6 Å². The predicted molar refractivity (Wildman–Crippen MR) is 68.5 cm³/mol. The second kappa shape index (κ2) is 7.86. The number of methoxy groups -OCH3 is 2. The first-order valence-electron chi connectivity index (χ1n) is 5.75. The second-order valence-corrected chi connectivity index (χ2v) is 3.68. The van der Waals surface area contributed by atoms with Gasteiger partial charge in [-0.1, -0.05) is 0 Å². The lowest BCUT2D eigenvalue weighted by atomic mass is 10.3. The quantitative estimate of drug-likeness (QED) is 0.730. The molecule has 0 aromatic carbocycles. The Morgan fingerprint density at radius 3 is 2.82 bits per heavy atom. The van der Waals surface area contributed by atoms with Crippen molar-refractivity contribution in [2.45, 2.75) is 6.42 Å². The maximum atomic E-state index is 5.54. The Labute approximate surface area is 103 Å². The molecule has 1 aromatic rings. The third-order valence-corrected chi connectivity index (χ3v) is 2.49. The fourth-order valence-electron chi connectivity index (χ4n) is 1.56. The van der Waals surface area contributed by atoms with Gasteiger partial charge in [-0.25, -0.2) is 4.98 Å². The van der Waals surface area contributed by atoms with Crippen LogP contribution in [0.25, 0.3) is 0 Å². The molecule has 0 aliphatic carbocycles. The summed E-state index contributed by atoms with van der Waals surface area (Å²) in [5, 5.41) is 0. The monoisotopic (exact) mass is 239 g/mol. The van der Waals surface area contributed by atoms with Crippen molar-refractivity contribution in [1.29, 1.82) is 0 Å². The zero-order valence-corrected chi connectivity index (χ0v) is 10.6. The fraction of sp³-hybridized carbons (Fsp3) is 0.583. The minimum absolute atomic E-state index is 0.623. The van der Waals surface area contributed by atoms with Crippen LogP contribution in [0, 0.1) is 0 Å². The maximum Gasteiger partial charge on any atom is 0.214 e. The molecule has 5 nitrogen and oxygen atoms in total. The van der Waals surface area contributed by atoms with E-state index >= 15 is 0 Å². The summed E-state index contributed by atoms with van der Waals surface area (Å²) in [5.74, 6) is 0.623. The second-order valence-electron chi connectivity index (χ2n) is 3.68. The molecule has 1 rings (SSSR count). The average molecular weight is 239 g/mol. The molecule has 0 amide bonds. The highest BCUT2D eigenvalue weighted by Crippen LogP contribution is 2.18. The van der Waals surface area contributed by atoms with E-state index < -0.39 is 0 Å². The zero-order valence-electron chi connectivity index (χ0n) is 10.6. The van der Waals surface area contributed by atoms with Gasteiger partial charge in [0.1, 0.15) is 0 Å². The van der Waals surface area contributed by atoms with Crippen LogP contribution in [0.2, 0.25) is 0 Å². The molecule has 0 saturated carbocycles. The fourth-order valence-corrected chi connectivity index (χ4v) is 1.56. The molecule has 1 heterocycles. The summed E-state index contributed by atoms with van der Waals surface area (Å²) >= 11 is 0. The smallest absolute Gasteiger partial charge is 0.214 e. The van der Waals surface area contributed by atoms with Crippen molar-refractivity contribution in [1.82, 2.24) is 4.98 Å². The Hall–Kier alpha value is -1.33. The molecule has 0 aliphatic heterocycles. The molecule has 0 spiro atoms. The minimum atomic E-state index is 0.623. The molecule has 5 heteroatoms. The number of anilines is 1. The number of nitrogens with two attached hydrogens (primary N) is 1. The van der Waals surface area contributed by atoms with E-state index in [-0.39, 0.29) is 0 Å². The van der Waals surface area contributed by atoms with Crippen LogP contribution in [0.1, 0.15) is 6.42 Å². The van der Waals surface area contributed by atoms with Crippen LogP contribution in [0.3, 0.4) is 0 Å². The zero-order chi connectivity index (χ0) is 12.5. The minimum Gasteiger partial charge on any atom is -0.481 e. The number of hydrogen-bond acceptors (Lipinski definition) is 5. The average Bonchev–Trinajstić information content (AvgIpc) is 2.39. The lowest BCUT2D eigenvalue weighted by Crippen LogP contribution is -2.29. The van der Waals surface area contributed by atoms with Gasteiger partial charge in [-0.3, -0.25) is 0 Å². The maximum absolute atomic E-state index is 5.54. The Kier molecular flexibility index (Phi) is 6.35. The number of ether oxygens (including phenoxy) is 2. The molecule has 96 valence electrons. The molecule has 0 atom stereocenters. The van der Waals surface area contributed by atoms with Crippen LogP contribution in [-0.2, 0) is 4.74 Å². The Balaban J connectivity index is 2.71. The molecule has 17 heavy (non-hydrogen) atoms. The van der Waals surface area contributed by atoms with Crippen molar-refractivity contribution in [3.8, 4) is 5.88 Å². The lowest BCUT2D eigenvalue weighted by Gasteiger charge is -2.24. The van der Waals surface area contributed by atoms with Gasteiger partial charge in [0.2, 0.25) is 5.88 Å². The van der Waals surface area contributed by atoms with Gasteiger partial charge >= 0.3 is 0 Å². The summed E-state index contributed by atoms with van der Waals surface area (Å²) in [6.07, 6.45) is 2.70. The van der Waals surface area contributed by atoms with Gasteiger partial charge in [0.05, 0.1) is 13.7 Å². The van der Waals surface area contributed by atoms with Gasteiger partial charge < -0.3 is 20.1 Å². The van der Waals surface area contributed by atoms with E-state index in [0.29, 0.717) is 19.0 Å².